The number of methoxy groups -OCH3 is 2. The molecule has 158 valence electrons. The highest BCUT2D eigenvalue weighted by Gasteiger charge is 2.31. The maximum atomic E-state index is 13.4. The number of ether oxygens (including phenoxy) is 3. The molecule has 0 aliphatic carbocycles. The van der Waals surface area contributed by atoms with Crippen LogP contribution in [0.4, 0.5) is 0 Å². The minimum Gasteiger partial charge on any atom is -0.457 e. The van der Waals surface area contributed by atoms with E-state index < -0.39 is 12.0 Å². The summed E-state index contributed by atoms with van der Waals surface area (Å²) >= 11 is 0. The van der Waals surface area contributed by atoms with Gasteiger partial charge in [0.2, 0.25) is 0 Å². The molecule has 0 N–H and O–H groups in total. The Morgan fingerprint density at radius 1 is 0.862 bits per heavy atom. The summed E-state index contributed by atoms with van der Waals surface area (Å²) in [7, 11) is 3.25. The highest BCUT2D eigenvalue weighted by atomic mass is 16.6. The predicted octanol–water partition coefficient (Wildman–Crippen LogP) is 3.73. The molecule has 5 nitrogen and oxygen atoms in total. The first-order valence-electron chi connectivity index (χ1n) is 10.2. The highest BCUT2D eigenvalue weighted by molar-refractivity contribution is 5.82. The van der Waals surface area contributed by atoms with Gasteiger partial charge in [0, 0.05) is 20.8 Å². The van der Waals surface area contributed by atoms with Crippen molar-refractivity contribution in [3.63, 3.8) is 0 Å². The third kappa shape index (κ3) is 6.67. The van der Waals surface area contributed by atoms with Gasteiger partial charge in [-0.25, -0.2) is 0 Å². The van der Waals surface area contributed by atoms with Gasteiger partial charge in [-0.1, -0.05) is 74.5 Å². The van der Waals surface area contributed by atoms with Crippen molar-refractivity contribution in [2.45, 2.75) is 32.0 Å². The number of rotatable bonds is 12. The minimum absolute atomic E-state index is 0.280. The average Bonchev–Trinajstić information content (AvgIpc) is 2.76. The first-order valence-corrected chi connectivity index (χ1v) is 10.2. The van der Waals surface area contributed by atoms with Gasteiger partial charge in [0.05, 0.1) is 6.61 Å². The second-order valence-corrected chi connectivity index (χ2v) is 6.95. The zero-order valence-electron chi connectivity index (χ0n) is 17.9. The summed E-state index contributed by atoms with van der Waals surface area (Å²) in [5, 5.41) is 0. The smallest absolute Gasteiger partial charge is 0.318 e. The molecule has 2 atom stereocenters. The predicted molar refractivity (Wildman–Crippen MR) is 115 cm³/mol. The van der Waals surface area contributed by atoms with Gasteiger partial charge >= 0.3 is 5.97 Å². The Labute approximate surface area is 174 Å². The van der Waals surface area contributed by atoms with Crippen LogP contribution in [-0.4, -0.2) is 63.5 Å². The van der Waals surface area contributed by atoms with Gasteiger partial charge in [-0.3, -0.25) is 4.79 Å². The molecule has 2 aromatic carbocycles. The van der Waals surface area contributed by atoms with Crippen LogP contribution in [0.3, 0.4) is 0 Å². The zero-order chi connectivity index (χ0) is 21.1. The summed E-state index contributed by atoms with van der Waals surface area (Å²) in [5.41, 5.74) is 1.82. The highest BCUT2D eigenvalue weighted by Crippen LogP contribution is 2.27. The fourth-order valence-electron chi connectivity index (χ4n) is 3.43. The number of likely N-dealkylation sites (N-methyl/N-ethyl adjacent to an activating group) is 1. The number of hydrogen-bond acceptors (Lipinski definition) is 5. The zero-order valence-corrected chi connectivity index (χ0v) is 17.9. The van der Waals surface area contributed by atoms with Crippen molar-refractivity contribution in [2.24, 2.45) is 0 Å². The van der Waals surface area contributed by atoms with Crippen LogP contribution in [0.15, 0.2) is 60.7 Å². The number of nitrogens with zero attached hydrogens (tertiary/aromatic N) is 1. The molecule has 0 saturated carbocycles. The Bertz CT molecular complexity index is 664. The minimum atomic E-state index is -0.489. The van der Waals surface area contributed by atoms with E-state index in [1.807, 2.05) is 60.7 Å². The first kappa shape index (κ1) is 23.1. The molecule has 0 radical (unpaired) electrons. The number of benzene rings is 2. The number of esters is 1. The van der Waals surface area contributed by atoms with Crippen LogP contribution >= 0.6 is 0 Å². The molecule has 0 saturated heterocycles. The van der Waals surface area contributed by atoms with Crippen molar-refractivity contribution >= 4 is 5.97 Å². The van der Waals surface area contributed by atoms with Gasteiger partial charge in [0.1, 0.15) is 18.1 Å². The van der Waals surface area contributed by atoms with Crippen molar-refractivity contribution in [1.29, 1.82) is 0 Å². The van der Waals surface area contributed by atoms with Crippen molar-refractivity contribution in [3.8, 4) is 0 Å². The Morgan fingerprint density at radius 2 is 1.38 bits per heavy atom. The topological polar surface area (TPSA) is 48.0 Å². The molecule has 29 heavy (non-hydrogen) atoms. The van der Waals surface area contributed by atoms with Gasteiger partial charge in [0.15, 0.2) is 0 Å². The molecule has 0 amide bonds. The molecule has 0 bridgehead atoms. The van der Waals surface area contributed by atoms with Gasteiger partial charge in [-0.2, -0.15) is 0 Å². The van der Waals surface area contributed by atoms with Crippen molar-refractivity contribution in [3.05, 3.63) is 71.8 Å². The van der Waals surface area contributed by atoms with E-state index in [1.165, 1.54) is 0 Å². The van der Waals surface area contributed by atoms with Crippen molar-refractivity contribution < 1.29 is 19.0 Å². The number of carbonyl (C=O) groups excluding carboxylic acids is 1. The van der Waals surface area contributed by atoms with E-state index in [0.717, 1.165) is 24.2 Å². The molecule has 2 aromatic rings. The first-order chi connectivity index (χ1) is 14.1. The van der Waals surface area contributed by atoms with Gasteiger partial charge in [-0.15, -0.1) is 0 Å². The number of hydrogen-bond donors (Lipinski definition) is 0. The second-order valence-electron chi connectivity index (χ2n) is 6.95. The standard InChI is InChI=1S/C24H33NO4/c1-5-25(6-2)17-21(22(28-4)18-27-3)29-24(26)23(19-13-9-7-10-14-19)20-15-11-8-12-16-20/h7-16,21-23H,5-6,17-18H2,1-4H3/t21-,22+/m1/s1. The van der Waals surface area contributed by atoms with E-state index in [2.05, 4.69) is 18.7 Å². The summed E-state index contributed by atoms with van der Waals surface area (Å²) in [5.74, 6) is -0.769. The van der Waals surface area contributed by atoms with Crippen LogP contribution in [0.25, 0.3) is 0 Å². The Hall–Kier alpha value is -2.21. The molecule has 0 aliphatic heterocycles. The molecule has 0 heterocycles. The lowest BCUT2D eigenvalue weighted by Gasteiger charge is -2.31. The van der Waals surface area contributed by atoms with Gasteiger partial charge in [-0.05, 0) is 24.2 Å². The third-order valence-corrected chi connectivity index (χ3v) is 5.15. The maximum absolute atomic E-state index is 13.4. The van der Waals surface area contributed by atoms with Crippen LogP contribution < -0.4 is 0 Å². The Kier molecular flexibility index (Phi) is 9.84. The van der Waals surface area contributed by atoms with Crippen molar-refractivity contribution in [1.82, 2.24) is 4.90 Å². The third-order valence-electron chi connectivity index (χ3n) is 5.15. The summed E-state index contributed by atoms with van der Waals surface area (Å²) in [4.78, 5) is 15.6. The molecule has 0 spiro atoms. The molecule has 0 aliphatic rings. The normalized spacial score (nSPS) is 13.4. The van der Waals surface area contributed by atoms with E-state index >= 15 is 0 Å². The largest absolute Gasteiger partial charge is 0.457 e. The van der Waals surface area contributed by atoms with Gasteiger partial charge in [0.25, 0.3) is 0 Å². The quantitative estimate of drug-likeness (QED) is 0.509. The fourth-order valence-corrected chi connectivity index (χ4v) is 3.43. The monoisotopic (exact) mass is 399 g/mol. The van der Waals surface area contributed by atoms with E-state index in [4.69, 9.17) is 14.2 Å². The second kappa shape index (κ2) is 12.4. The lowest BCUT2D eigenvalue weighted by Crippen LogP contribution is -2.45. The Balaban J connectivity index is 2.31. The summed E-state index contributed by atoms with van der Waals surface area (Å²) < 4.78 is 17.0. The van der Waals surface area contributed by atoms with Gasteiger partial charge < -0.3 is 19.1 Å². The number of carbonyl (C=O) groups is 1. The average molecular weight is 400 g/mol. The molecular formula is C24H33NO4. The van der Waals surface area contributed by atoms with E-state index in [0.29, 0.717) is 13.2 Å². The van der Waals surface area contributed by atoms with Crippen LogP contribution in [0, 0.1) is 0 Å². The lowest BCUT2D eigenvalue weighted by molar-refractivity contribution is -0.161. The van der Waals surface area contributed by atoms with Crippen molar-refractivity contribution in [2.75, 3.05) is 40.5 Å². The molecule has 0 fully saturated rings. The molecular weight excluding hydrogens is 366 g/mol. The van der Waals surface area contributed by atoms with E-state index in [-0.39, 0.29) is 12.1 Å². The summed E-state index contributed by atoms with van der Waals surface area (Å²) in [6.07, 6.45) is -0.765. The van der Waals surface area contributed by atoms with E-state index in [9.17, 15) is 4.79 Å². The molecule has 2 rings (SSSR count). The molecule has 0 aromatic heterocycles. The SMILES string of the molecule is CCN(CC)C[C@@H](OC(=O)C(c1ccccc1)c1ccccc1)[C@H](COC)OC. The molecule has 0 unspecified atom stereocenters. The molecule has 5 heteroatoms. The van der Waals surface area contributed by atoms with Crippen LogP contribution in [0.5, 0.6) is 0 Å². The lowest BCUT2D eigenvalue weighted by atomic mass is 9.91. The van der Waals surface area contributed by atoms with Crippen LogP contribution in [0.2, 0.25) is 0 Å². The Morgan fingerprint density at radius 3 is 1.79 bits per heavy atom. The maximum Gasteiger partial charge on any atom is 0.318 e. The van der Waals surface area contributed by atoms with Crippen LogP contribution in [0.1, 0.15) is 30.9 Å². The fraction of sp³-hybridized carbons (Fsp3) is 0.458. The van der Waals surface area contributed by atoms with Crippen LogP contribution in [-0.2, 0) is 19.0 Å². The summed E-state index contributed by atoms with van der Waals surface area (Å²) in [6, 6.07) is 19.5. The summed E-state index contributed by atoms with van der Waals surface area (Å²) in [6.45, 7) is 6.88. The van der Waals surface area contributed by atoms with E-state index in [1.54, 1.807) is 14.2 Å².